The Hall–Kier alpha value is -1.51. The second-order valence-electron chi connectivity index (χ2n) is 7.68. The molecular formula is C22H25Cl3N2O4S. The highest BCUT2D eigenvalue weighted by Gasteiger charge is 2.31. The predicted molar refractivity (Wildman–Crippen MR) is 128 cm³/mol. The molecule has 3 rings (SSSR count). The molecule has 0 aliphatic carbocycles. The summed E-state index contributed by atoms with van der Waals surface area (Å²) in [6.45, 7) is 3.14. The number of nitrogens with zero attached hydrogens (tertiary/aromatic N) is 1. The second-order valence-corrected chi connectivity index (χ2v) is 10.9. The summed E-state index contributed by atoms with van der Waals surface area (Å²) in [6, 6.07) is 10.3. The maximum atomic E-state index is 12.8. The number of aryl methyl sites for hydroxylation is 1. The van der Waals surface area contributed by atoms with Crippen LogP contribution in [0.2, 0.25) is 15.1 Å². The molecule has 0 unspecified atom stereocenters. The van der Waals surface area contributed by atoms with Crippen molar-refractivity contribution >= 4 is 50.7 Å². The molecule has 10 heteroatoms. The van der Waals surface area contributed by atoms with E-state index in [9.17, 15) is 13.2 Å². The van der Waals surface area contributed by atoms with Gasteiger partial charge in [-0.1, -0.05) is 46.9 Å². The Labute approximate surface area is 203 Å². The van der Waals surface area contributed by atoms with Gasteiger partial charge in [-0.05, 0) is 49.6 Å². The summed E-state index contributed by atoms with van der Waals surface area (Å²) >= 11 is 18.3. The lowest BCUT2D eigenvalue weighted by atomic mass is 9.97. The van der Waals surface area contributed by atoms with Crippen molar-refractivity contribution in [2.45, 2.75) is 25.5 Å². The van der Waals surface area contributed by atoms with E-state index in [1.807, 2.05) is 19.1 Å². The number of amides is 1. The maximum Gasteiger partial charge on any atom is 0.223 e. The molecule has 0 aromatic heterocycles. The molecule has 1 aliphatic rings. The first-order valence-corrected chi connectivity index (χ1v) is 13.0. The molecule has 0 spiro atoms. The third-order valence-corrected chi connectivity index (χ3v) is 8.34. The van der Waals surface area contributed by atoms with Crippen LogP contribution in [0.1, 0.15) is 24.0 Å². The number of halogens is 3. The van der Waals surface area contributed by atoms with Gasteiger partial charge in [-0.3, -0.25) is 4.79 Å². The Bertz CT molecular complexity index is 1050. The van der Waals surface area contributed by atoms with E-state index in [4.69, 9.17) is 39.5 Å². The fourth-order valence-electron chi connectivity index (χ4n) is 3.49. The first-order valence-electron chi connectivity index (χ1n) is 10.2. The fourth-order valence-corrected chi connectivity index (χ4v) is 5.98. The van der Waals surface area contributed by atoms with Crippen molar-refractivity contribution in [1.29, 1.82) is 0 Å². The van der Waals surface area contributed by atoms with E-state index in [0.717, 1.165) is 5.56 Å². The zero-order valence-corrected chi connectivity index (χ0v) is 20.7. The van der Waals surface area contributed by atoms with Gasteiger partial charge in [-0.2, -0.15) is 0 Å². The summed E-state index contributed by atoms with van der Waals surface area (Å²) in [5, 5.41) is 4.14. The molecule has 1 heterocycles. The summed E-state index contributed by atoms with van der Waals surface area (Å²) in [7, 11) is -3.59. The van der Waals surface area contributed by atoms with Crippen LogP contribution in [0.15, 0.2) is 36.4 Å². The monoisotopic (exact) mass is 518 g/mol. The minimum atomic E-state index is -3.59. The SMILES string of the molecule is Cc1ccc(OCCNC(=O)C2CCN(S(=O)(=O)Cc3c(Cl)cccc3Cl)CC2)cc1Cl. The highest BCUT2D eigenvalue weighted by atomic mass is 35.5. The molecule has 32 heavy (non-hydrogen) atoms. The molecule has 0 atom stereocenters. The Kier molecular flexibility index (Phi) is 8.69. The number of rotatable bonds is 8. The second kappa shape index (κ2) is 11.1. The Morgan fingerprint density at radius 2 is 1.75 bits per heavy atom. The van der Waals surface area contributed by atoms with Gasteiger partial charge in [0.1, 0.15) is 12.4 Å². The fraction of sp³-hybridized carbons (Fsp3) is 0.409. The summed E-state index contributed by atoms with van der Waals surface area (Å²) in [5.41, 5.74) is 1.36. The van der Waals surface area contributed by atoms with E-state index in [1.54, 1.807) is 24.3 Å². The summed E-state index contributed by atoms with van der Waals surface area (Å²) < 4.78 is 32.6. The average Bonchev–Trinajstić information content (AvgIpc) is 2.76. The first-order chi connectivity index (χ1) is 15.2. The lowest BCUT2D eigenvalue weighted by Crippen LogP contribution is -2.44. The first kappa shape index (κ1) is 25.1. The van der Waals surface area contributed by atoms with Gasteiger partial charge in [-0.15, -0.1) is 0 Å². The van der Waals surface area contributed by atoms with Gasteiger partial charge in [0.2, 0.25) is 15.9 Å². The molecule has 1 fully saturated rings. The van der Waals surface area contributed by atoms with Crippen molar-refractivity contribution in [2.24, 2.45) is 5.92 Å². The number of hydrogen-bond acceptors (Lipinski definition) is 4. The van der Waals surface area contributed by atoms with Crippen molar-refractivity contribution in [3.05, 3.63) is 62.6 Å². The summed E-state index contributed by atoms with van der Waals surface area (Å²) in [4.78, 5) is 12.5. The van der Waals surface area contributed by atoms with Crippen LogP contribution in [0, 0.1) is 12.8 Å². The van der Waals surface area contributed by atoms with Crippen LogP contribution in [0.5, 0.6) is 5.75 Å². The van der Waals surface area contributed by atoms with E-state index < -0.39 is 10.0 Å². The molecule has 1 amide bonds. The summed E-state index contributed by atoms with van der Waals surface area (Å²) in [5.74, 6) is 0.0517. The number of sulfonamides is 1. The van der Waals surface area contributed by atoms with Gasteiger partial charge in [0, 0.05) is 39.6 Å². The van der Waals surface area contributed by atoms with E-state index in [1.165, 1.54) is 4.31 Å². The van der Waals surface area contributed by atoms with Crippen LogP contribution >= 0.6 is 34.8 Å². The van der Waals surface area contributed by atoms with Crippen LogP contribution in [-0.2, 0) is 20.6 Å². The molecule has 1 saturated heterocycles. The highest BCUT2D eigenvalue weighted by Crippen LogP contribution is 2.29. The highest BCUT2D eigenvalue weighted by molar-refractivity contribution is 7.88. The predicted octanol–water partition coefficient (Wildman–Crippen LogP) is 4.69. The average molecular weight is 520 g/mol. The molecule has 2 aromatic carbocycles. The minimum Gasteiger partial charge on any atom is -0.492 e. The zero-order valence-electron chi connectivity index (χ0n) is 17.6. The Morgan fingerprint density at radius 1 is 1.09 bits per heavy atom. The van der Waals surface area contributed by atoms with Crippen molar-refractivity contribution in [3.8, 4) is 5.75 Å². The standard InChI is InChI=1S/C22H25Cl3N2O4S/c1-15-5-6-17(13-21(15)25)31-12-9-26-22(28)16-7-10-27(11-8-16)32(29,30)14-18-19(23)3-2-4-20(18)24/h2-6,13,16H,7-12,14H2,1H3,(H,26,28). The largest absolute Gasteiger partial charge is 0.492 e. The summed E-state index contributed by atoms with van der Waals surface area (Å²) in [6.07, 6.45) is 0.908. The molecule has 174 valence electrons. The molecule has 0 radical (unpaired) electrons. The van der Waals surface area contributed by atoms with E-state index in [2.05, 4.69) is 5.32 Å². The third-order valence-electron chi connectivity index (χ3n) is 5.42. The van der Waals surface area contributed by atoms with Gasteiger partial charge in [0.05, 0.1) is 12.3 Å². The lowest BCUT2D eigenvalue weighted by Gasteiger charge is -2.30. The normalized spacial score (nSPS) is 15.5. The molecule has 1 aliphatic heterocycles. The number of hydrogen-bond donors (Lipinski definition) is 1. The minimum absolute atomic E-state index is 0.0956. The number of benzene rings is 2. The number of ether oxygens (including phenoxy) is 1. The van der Waals surface area contributed by atoms with Crippen LogP contribution in [-0.4, -0.2) is 44.9 Å². The molecule has 2 aromatic rings. The molecule has 0 bridgehead atoms. The molecular weight excluding hydrogens is 495 g/mol. The van der Waals surface area contributed by atoms with Crippen molar-refractivity contribution in [3.63, 3.8) is 0 Å². The van der Waals surface area contributed by atoms with Crippen molar-refractivity contribution in [2.75, 3.05) is 26.2 Å². The van der Waals surface area contributed by atoms with Gasteiger partial charge >= 0.3 is 0 Å². The smallest absolute Gasteiger partial charge is 0.223 e. The number of carbonyl (C=O) groups is 1. The van der Waals surface area contributed by atoms with Crippen LogP contribution in [0.4, 0.5) is 0 Å². The van der Waals surface area contributed by atoms with Crippen LogP contribution < -0.4 is 10.1 Å². The Balaban J connectivity index is 1.44. The van der Waals surface area contributed by atoms with Crippen LogP contribution in [0.25, 0.3) is 0 Å². The number of nitrogens with one attached hydrogen (secondary N) is 1. The van der Waals surface area contributed by atoms with Gasteiger partial charge in [0.25, 0.3) is 0 Å². The number of carbonyl (C=O) groups excluding carboxylic acids is 1. The maximum absolute atomic E-state index is 12.8. The van der Waals surface area contributed by atoms with E-state index in [-0.39, 0.29) is 30.7 Å². The third kappa shape index (κ3) is 6.51. The topological polar surface area (TPSA) is 75.7 Å². The Morgan fingerprint density at radius 3 is 2.38 bits per heavy atom. The number of piperidine rings is 1. The van der Waals surface area contributed by atoms with Gasteiger partial charge in [-0.25, -0.2) is 12.7 Å². The van der Waals surface area contributed by atoms with Crippen LogP contribution in [0.3, 0.4) is 0 Å². The van der Waals surface area contributed by atoms with Gasteiger partial charge in [0.15, 0.2) is 0 Å². The van der Waals surface area contributed by atoms with Gasteiger partial charge < -0.3 is 10.1 Å². The van der Waals surface area contributed by atoms with E-state index >= 15 is 0 Å². The molecule has 1 N–H and O–H groups in total. The quantitative estimate of drug-likeness (QED) is 0.513. The van der Waals surface area contributed by atoms with Crippen molar-refractivity contribution in [1.82, 2.24) is 9.62 Å². The van der Waals surface area contributed by atoms with E-state index in [0.29, 0.717) is 52.4 Å². The lowest BCUT2D eigenvalue weighted by molar-refractivity contribution is -0.126. The molecule has 0 saturated carbocycles. The zero-order chi connectivity index (χ0) is 23.3. The van der Waals surface area contributed by atoms with Crippen molar-refractivity contribution < 1.29 is 17.9 Å². The molecule has 6 nitrogen and oxygen atoms in total.